The van der Waals surface area contributed by atoms with E-state index >= 15 is 0 Å². The van der Waals surface area contributed by atoms with Gasteiger partial charge in [0.25, 0.3) is 0 Å². The Kier molecular flexibility index (Phi) is 9.27. The zero-order chi connectivity index (χ0) is 27.8. The van der Waals surface area contributed by atoms with E-state index in [2.05, 4.69) is 85.4 Å². The predicted octanol–water partition coefficient (Wildman–Crippen LogP) is 9.27. The normalized spacial score (nSPS) is 14.3. The Morgan fingerprint density at radius 3 is 2.55 bits per heavy atom. The molecule has 2 aromatic heterocycles. The molecule has 0 radical (unpaired) electrons. The standard InChI is InChI=1S/C34H40N4OS/c1-34(2,3)21-23-39-27-15-10-14-26(24-27)29-19-20-31-37-33(29)28-16-8-7-13-25(28)12-6-4-5-9-22-35-30-17-11-18-32(36-30)40-38-31/h7-8,10-11,13-20,24H,4-6,9,12,21-23H2,1-3H3,(H,35,36)(H,37,38). The van der Waals surface area contributed by atoms with Crippen LogP contribution in [0.4, 0.5) is 11.6 Å². The van der Waals surface area contributed by atoms with E-state index in [1.165, 1.54) is 35.9 Å². The Morgan fingerprint density at radius 1 is 0.800 bits per heavy atom. The van der Waals surface area contributed by atoms with E-state index in [-0.39, 0.29) is 5.41 Å². The monoisotopic (exact) mass is 552 g/mol. The van der Waals surface area contributed by atoms with Gasteiger partial charge >= 0.3 is 0 Å². The van der Waals surface area contributed by atoms with Crippen molar-refractivity contribution in [2.24, 2.45) is 5.41 Å². The van der Waals surface area contributed by atoms with Gasteiger partial charge in [-0.2, -0.15) is 0 Å². The van der Waals surface area contributed by atoms with Gasteiger partial charge in [0.05, 0.1) is 12.3 Å². The molecule has 0 atom stereocenters. The molecule has 0 fully saturated rings. The average Bonchev–Trinajstić information content (AvgIpc) is 2.95. The lowest BCUT2D eigenvalue weighted by atomic mass is 9.93. The summed E-state index contributed by atoms with van der Waals surface area (Å²) in [4.78, 5) is 9.94. The number of rotatable bonds is 4. The van der Waals surface area contributed by atoms with Gasteiger partial charge in [-0.25, -0.2) is 9.97 Å². The molecule has 1 aliphatic heterocycles. The number of ether oxygens (including phenoxy) is 1. The van der Waals surface area contributed by atoms with E-state index in [0.29, 0.717) is 6.61 Å². The van der Waals surface area contributed by atoms with Crippen molar-refractivity contribution >= 4 is 23.6 Å². The number of aromatic nitrogens is 2. The molecule has 0 saturated heterocycles. The first kappa shape index (κ1) is 28.0. The van der Waals surface area contributed by atoms with Crippen LogP contribution >= 0.6 is 11.9 Å². The molecule has 40 heavy (non-hydrogen) atoms. The van der Waals surface area contributed by atoms with Crippen LogP contribution in [0.1, 0.15) is 58.4 Å². The number of benzene rings is 2. The van der Waals surface area contributed by atoms with Gasteiger partial charge in [-0.05, 0) is 78.6 Å². The van der Waals surface area contributed by atoms with E-state index in [9.17, 15) is 0 Å². The van der Waals surface area contributed by atoms with Crippen molar-refractivity contribution in [1.29, 1.82) is 0 Å². The summed E-state index contributed by atoms with van der Waals surface area (Å²) < 4.78 is 9.61. The fraction of sp³-hybridized carbons (Fsp3) is 0.353. The maximum atomic E-state index is 6.17. The number of aryl methyl sites for hydroxylation is 1. The van der Waals surface area contributed by atoms with E-state index in [1.807, 2.05) is 24.3 Å². The molecule has 0 saturated carbocycles. The van der Waals surface area contributed by atoms with Crippen LogP contribution in [0.2, 0.25) is 0 Å². The highest BCUT2D eigenvalue weighted by atomic mass is 32.2. The van der Waals surface area contributed by atoms with Gasteiger partial charge in [0.2, 0.25) is 0 Å². The minimum atomic E-state index is 0.240. The fourth-order valence-electron chi connectivity index (χ4n) is 4.84. The van der Waals surface area contributed by atoms with Gasteiger partial charge < -0.3 is 14.8 Å². The molecule has 3 heterocycles. The van der Waals surface area contributed by atoms with E-state index in [0.717, 1.165) is 71.5 Å². The topological polar surface area (TPSA) is 59.1 Å². The molecule has 4 aromatic rings. The van der Waals surface area contributed by atoms with Crippen LogP contribution in [0, 0.1) is 5.41 Å². The fourth-order valence-corrected chi connectivity index (χ4v) is 5.45. The SMILES string of the molecule is CC(C)(C)CCOc1cccc(-c2ccc3nc2-c2ccccc2CCCCCCNc2cccc(n2)SN3)c1. The number of nitrogens with zero attached hydrogens (tertiary/aromatic N) is 2. The summed E-state index contributed by atoms with van der Waals surface area (Å²) in [5, 5.41) is 4.38. The zero-order valence-electron chi connectivity index (χ0n) is 23.9. The number of hydrogen-bond acceptors (Lipinski definition) is 6. The molecule has 208 valence electrons. The quantitative estimate of drug-likeness (QED) is 0.246. The Labute approximate surface area is 243 Å². The molecule has 0 unspecified atom stereocenters. The molecule has 4 bridgehead atoms. The summed E-state index contributed by atoms with van der Waals surface area (Å²) in [6.07, 6.45) is 6.74. The molecule has 2 aromatic carbocycles. The van der Waals surface area contributed by atoms with Gasteiger partial charge in [-0.15, -0.1) is 0 Å². The summed E-state index contributed by atoms with van der Waals surface area (Å²) in [6, 6.07) is 27.5. The third-order valence-corrected chi connectivity index (χ3v) is 7.84. The van der Waals surface area contributed by atoms with Crippen LogP contribution in [0.3, 0.4) is 0 Å². The van der Waals surface area contributed by atoms with E-state index in [4.69, 9.17) is 14.7 Å². The summed E-state index contributed by atoms with van der Waals surface area (Å²) in [5.41, 5.74) is 5.97. The largest absolute Gasteiger partial charge is 0.494 e. The van der Waals surface area contributed by atoms with Crippen molar-refractivity contribution in [3.63, 3.8) is 0 Å². The van der Waals surface area contributed by atoms with Crippen LogP contribution in [-0.4, -0.2) is 23.1 Å². The van der Waals surface area contributed by atoms with Crippen LogP contribution in [0.25, 0.3) is 22.4 Å². The van der Waals surface area contributed by atoms with E-state index < -0.39 is 0 Å². The first-order chi connectivity index (χ1) is 19.4. The number of hydrogen-bond donors (Lipinski definition) is 2. The lowest BCUT2D eigenvalue weighted by molar-refractivity contribution is 0.243. The molecular formula is C34H40N4OS. The lowest BCUT2D eigenvalue weighted by Gasteiger charge is -2.19. The lowest BCUT2D eigenvalue weighted by Crippen LogP contribution is -2.11. The molecule has 0 spiro atoms. The van der Waals surface area contributed by atoms with Crippen molar-refractivity contribution in [3.8, 4) is 28.1 Å². The maximum Gasteiger partial charge on any atom is 0.136 e. The Morgan fingerprint density at radius 2 is 1.65 bits per heavy atom. The van der Waals surface area contributed by atoms with E-state index in [1.54, 1.807) is 0 Å². The minimum absolute atomic E-state index is 0.240. The Bertz CT molecular complexity index is 1420. The number of nitrogens with one attached hydrogen (secondary N) is 2. The zero-order valence-corrected chi connectivity index (χ0v) is 24.7. The number of fused-ring (bicyclic) bond motifs is 6. The average molecular weight is 553 g/mol. The molecule has 5 nitrogen and oxygen atoms in total. The van der Waals surface area contributed by atoms with Crippen molar-refractivity contribution < 1.29 is 4.74 Å². The first-order valence-corrected chi connectivity index (χ1v) is 15.2. The molecule has 1 aliphatic rings. The predicted molar refractivity (Wildman–Crippen MR) is 169 cm³/mol. The Hall–Kier alpha value is -3.51. The first-order valence-electron chi connectivity index (χ1n) is 14.4. The molecule has 0 aliphatic carbocycles. The maximum absolute atomic E-state index is 6.17. The summed E-state index contributed by atoms with van der Waals surface area (Å²) >= 11 is 1.48. The molecule has 5 rings (SSSR count). The highest BCUT2D eigenvalue weighted by Crippen LogP contribution is 2.36. The number of anilines is 2. The van der Waals surface area contributed by atoms with Crippen molar-refractivity contribution in [3.05, 3.63) is 84.4 Å². The van der Waals surface area contributed by atoms with Crippen molar-refractivity contribution in [2.45, 2.75) is 64.3 Å². The van der Waals surface area contributed by atoms with Gasteiger partial charge in [-0.3, -0.25) is 0 Å². The van der Waals surface area contributed by atoms with Crippen LogP contribution in [-0.2, 0) is 6.42 Å². The van der Waals surface area contributed by atoms with Gasteiger partial charge in [0, 0.05) is 29.6 Å². The summed E-state index contributed by atoms with van der Waals surface area (Å²) in [5.74, 6) is 2.61. The van der Waals surface area contributed by atoms with Gasteiger partial charge in [0.15, 0.2) is 0 Å². The molecular weight excluding hydrogens is 512 g/mol. The van der Waals surface area contributed by atoms with Crippen LogP contribution in [0.5, 0.6) is 5.75 Å². The number of pyridine rings is 2. The van der Waals surface area contributed by atoms with Gasteiger partial charge in [0.1, 0.15) is 22.4 Å². The third-order valence-electron chi connectivity index (χ3n) is 7.10. The molecule has 6 heteroatoms. The minimum Gasteiger partial charge on any atom is -0.494 e. The van der Waals surface area contributed by atoms with Crippen LogP contribution in [0.15, 0.2) is 83.9 Å². The van der Waals surface area contributed by atoms with Gasteiger partial charge in [-0.1, -0.05) is 76.1 Å². The second kappa shape index (κ2) is 13.2. The summed E-state index contributed by atoms with van der Waals surface area (Å²) in [7, 11) is 0. The Balaban J connectivity index is 1.50. The van der Waals surface area contributed by atoms with Crippen molar-refractivity contribution in [1.82, 2.24) is 9.97 Å². The van der Waals surface area contributed by atoms with Crippen molar-refractivity contribution in [2.75, 3.05) is 23.2 Å². The second-order valence-electron chi connectivity index (χ2n) is 11.6. The smallest absolute Gasteiger partial charge is 0.136 e. The highest BCUT2D eigenvalue weighted by Gasteiger charge is 2.16. The molecule has 2 N–H and O–H groups in total. The van der Waals surface area contributed by atoms with Crippen LogP contribution < -0.4 is 14.8 Å². The molecule has 0 amide bonds. The highest BCUT2D eigenvalue weighted by molar-refractivity contribution is 8.00. The summed E-state index contributed by atoms with van der Waals surface area (Å²) in [6.45, 7) is 8.37. The third kappa shape index (κ3) is 7.79. The second-order valence-corrected chi connectivity index (χ2v) is 12.4.